The number of hydrogen-bond acceptors (Lipinski definition) is 3. The Morgan fingerprint density at radius 2 is 2.10 bits per heavy atom. The molecule has 4 rings (SSSR count). The Bertz CT molecular complexity index is 602. The maximum Gasteiger partial charge on any atom is 0.0958 e. The summed E-state index contributed by atoms with van der Waals surface area (Å²) in [6.07, 6.45) is 7.32. The third kappa shape index (κ3) is 2.97. The zero-order valence-electron chi connectivity index (χ0n) is 12.5. The Morgan fingerprint density at radius 1 is 1.19 bits per heavy atom. The van der Waals surface area contributed by atoms with Crippen LogP contribution >= 0.6 is 0 Å². The highest BCUT2D eigenvalue weighted by Gasteiger charge is 2.33. The molecule has 1 aromatic carbocycles. The van der Waals surface area contributed by atoms with E-state index in [-0.39, 0.29) is 0 Å². The Morgan fingerprint density at radius 3 is 3.00 bits per heavy atom. The molecule has 1 aliphatic heterocycles. The molecule has 0 radical (unpaired) electrons. The fraction of sp³-hybridized carbons (Fsp3) is 0.588. The van der Waals surface area contributed by atoms with Crippen molar-refractivity contribution in [2.75, 3.05) is 19.6 Å². The minimum absolute atomic E-state index is 0.713. The molecular weight excluding hydrogens is 260 g/mol. The van der Waals surface area contributed by atoms with Crippen LogP contribution in [0.4, 0.5) is 0 Å². The smallest absolute Gasteiger partial charge is 0.0958 e. The van der Waals surface area contributed by atoms with Gasteiger partial charge in [0.05, 0.1) is 17.4 Å². The Labute approximate surface area is 126 Å². The van der Waals surface area contributed by atoms with Gasteiger partial charge in [0, 0.05) is 31.7 Å². The van der Waals surface area contributed by atoms with E-state index in [9.17, 15) is 0 Å². The normalized spacial score (nSPS) is 23.1. The summed E-state index contributed by atoms with van der Waals surface area (Å²) < 4.78 is 2.27. The summed E-state index contributed by atoms with van der Waals surface area (Å²) in [6, 6.07) is 10.0. The maximum absolute atomic E-state index is 4.45. The lowest BCUT2D eigenvalue weighted by Crippen LogP contribution is -2.34. The fourth-order valence-corrected chi connectivity index (χ4v) is 3.47. The summed E-state index contributed by atoms with van der Waals surface area (Å²) in [7, 11) is 0. The highest BCUT2D eigenvalue weighted by molar-refractivity contribution is 5.74. The van der Waals surface area contributed by atoms with Crippen molar-refractivity contribution in [1.29, 1.82) is 0 Å². The number of nitrogens with one attached hydrogen (secondary N) is 1. The van der Waals surface area contributed by atoms with E-state index < -0.39 is 0 Å². The molecule has 0 bridgehead atoms. The van der Waals surface area contributed by atoms with E-state index >= 15 is 0 Å². The molecule has 4 nitrogen and oxygen atoms in total. The third-order valence-corrected chi connectivity index (χ3v) is 4.82. The van der Waals surface area contributed by atoms with Gasteiger partial charge in [-0.2, -0.15) is 0 Å². The van der Waals surface area contributed by atoms with Crippen LogP contribution in [0.3, 0.4) is 0 Å². The van der Waals surface area contributed by atoms with Gasteiger partial charge in [0.2, 0.25) is 0 Å². The van der Waals surface area contributed by atoms with Crippen molar-refractivity contribution in [2.24, 2.45) is 0 Å². The van der Waals surface area contributed by atoms with Crippen LogP contribution in [-0.4, -0.2) is 46.2 Å². The van der Waals surface area contributed by atoms with Crippen molar-refractivity contribution in [1.82, 2.24) is 19.8 Å². The molecule has 0 spiro atoms. The molecule has 1 aromatic heterocycles. The van der Waals surface area contributed by atoms with Gasteiger partial charge >= 0.3 is 0 Å². The average molecular weight is 284 g/mol. The lowest BCUT2D eigenvalue weighted by molar-refractivity contribution is 0.317. The second-order valence-corrected chi connectivity index (χ2v) is 6.45. The largest absolute Gasteiger partial charge is 0.331 e. The van der Waals surface area contributed by atoms with Crippen molar-refractivity contribution in [3.8, 4) is 0 Å². The van der Waals surface area contributed by atoms with Gasteiger partial charge in [-0.25, -0.2) is 4.98 Å². The van der Waals surface area contributed by atoms with Crippen LogP contribution in [0.5, 0.6) is 0 Å². The van der Waals surface area contributed by atoms with Crippen molar-refractivity contribution in [3.05, 3.63) is 30.6 Å². The predicted octanol–water partition coefficient (Wildman–Crippen LogP) is 2.25. The van der Waals surface area contributed by atoms with Gasteiger partial charge < -0.3 is 9.88 Å². The molecule has 1 saturated heterocycles. The van der Waals surface area contributed by atoms with E-state index in [4.69, 9.17) is 0 Å². The topological polar surface area (TPSA) is 33.1 Å². The van der Waals surface area contributed by atoms with Crippen LogP contribution in [0.1, 0.15) is 25.7 Å². The molecule has 2 fully saturated rings. The number of para-hydroxylation sites is 2. The molecule has 1 saturated carbocycles. The van der Waals surface area contributed by atoms with Crippen molar-refractivity contribution in [2.45, 2.75) is 44.3 Å². The van der Waals surface area contributed by atoms with Crippen LogP contribution in [0.25, 0.3) is 11.0 Å². The molecule has 1 aliphatic carbocycles. The van der Waals surface area contributed by atoms with Gasteiger partial charge in [-0.05, 0) is 44.4 Å². The number of nitrogens with zero attached hydrogens (tertiary/aromatic N) is 3. The zero-order valence-corrected chi connectivity index (χ0v) is 12.5. The first kappa shape index (κ1) is 13.3. The monoisotopic (exact) mass is 284 g/mol. The predicted molar refractivity (Wildman–Crippen MR) is 85.4 cm³/mol. The molecule has 1 unspecified atom stereocenters. The molecule has 2 aliphatic rings. The van der Waals surface area contributed by atoms with E-state index in [1.807, 2.05) is 12.4 Å². The molecule has 1 N–H and O–H groups in total. The van der Waals surface area contributed by atoms with Crippen LogP contribution in [0, 0.1) is 0 Å². The molecule has 4 heteroatoms. The Balaban J connectivity index is 1.23. The molecular formula is C17H24N4. The molecule has 0 amide bonds. The van der Waals surface area contributed by atoms with Crippen LogP contribution in [-0.2, 0) is 6.54 Å². The highest BCUT2D eigenvalue weighted by atomic mass is 15.2. The van der Waals surface area contributed by atoms with Crippen molar-refractivity contribution < 1.29 is 0 Å². The SMILES string of the molecule is c1ccc2c(c1)ncn2CCCNC1CCN(C2CC2)C1. The summed E-state index contributed by atoms with van der Waals surface area (Å²) in [6.45, 7) is 4.72. The number of imidazole rings is 1. The quantitative estimate of drug-likeness (QED) is 0.826. The average Bonchev–Trinajstić information content (AvgIpc) is 3.12. The number of fused-ring (bicyclic) bond motifs is 1. The number of likely N-dealkylation sites (tertiary alicyclic amines) is 1. The van der Waals surface area contributed by atoms with Crippen LogP contribution < -0.4 is 5.32 Å². The molecule has 1 atom stereocenters. The number of benzene rings is 1. The Hall–Kier alpha value is -1.39. The van der Waals surface area contributed by atoms with Gasteiger partial charge in [-0.3, -0.25) is 4.90 Å². The molecule has 2 aromatic rings. The van der Waals surface area contributed by atoms with E-state index in [2.05, 4.69) is 38.0 Å². The minimum atomic E-state index is 0.713. The number of aromatic nitrogens is 2. The second kappa shape index (κ2) is 5.78. The van der Waals surface area contributed by atoms with Crippen LogP contribution in [0.15, 0.2) is 30.6 Å². The van der Waals surface area contributed by atoms with Gasteiger partial charge in [-0.1, -0.05) is 12.1 Å². The molecule has 112 valence electrons. The van der Waals surface area contributed by atoms with Crippen molar-refractivity contribution >= 4 is 11.0 Å². The number of rotatable bonds is 6. The first-order valence-corrected chi connectivity index (χ1v) is 8.27. The first-order chi connectivity index (χ1) is 10.4. The minimum Gasteiger partial charge on any atom is -0.331 e. The van der Waals surface area contributed by atoms with E-state index in [0.29, 0.717) is 6.04 Å². The van der Waals surface area contributed by atoms with Crippen LogP contribution in [0.2, 0.25) is 0 Å². The Kier molecular flexibility index (Phi) is 3.65. The van der Waals surface area contributed by atoms with Gasteiger partial charge in [0.25, 0.3) is 0 Å². The van der Waals surface area contributed by atoms with Gasteiger partial charge in [-0.15, -0.1) is 0 Å². The summed E-state index contributed by atoms with van der Waals surface area (Å²) in [5, 5.41) is 3.73. The number of hydrogen-bond donors (Lipinski definition) is 1. The summed E-state index contributed by atoms with van der Waals surface area (Å²) in [5.41, 5.74) is 2.35. The fourth-order valence-electron chi connectivity index (χ4n) is 3.47. The molecule has 21 heavy (non-hydrogen) atoms. The lowest BCUT2D eigenvalue weighted by Gasteiger charge is -2.15. The van der Waals surface area contributed by atoms with Gasteiger partial charge in [0.1, 0.15) is 0 Å². The van der Waals surface area contributed by atoms with Crippen molar-refractivity contribution in [3.63, 3.8) is 0 Å². The standard InChI is InChI=1S/C17H24N4/c1-2-5-17-16(4-1)19-13-21(17)10-3-9-18-14-8-11-20(12-14)15-6-7-15/h1-2,4-5,13-15,18H,3,6-12H2. The summed E-state index contributed by atoms with van der Waals surface area (Å²) in [5.74, 6) is 0. The third-order valence-electron chi connectivity index (χ3n) is 4.82. The number of aryl methyl sites for hydroxylation is 1. The van der Waals surface area contributed by atoms with E-state index in [0.717, 1.165) is 24.6 Å². The van der Waals surface area contributed by atoms with E-state index in [1.54, 1.807) is 0 Å². The van der Waals surface area contributed by atoms with E-state index in [1.165, 1.54) is 44.3 Å². The first-order valence-electron chi connectivity index (χ1n) is 8.27. The zero-order chi connectivity index (χ0) is 14.1. The van der Waals surface area contributed by atoms with Gasteiger partial charge in [0.15, 0.2) is 0 Å². The molecule has 2 heterocycles. The lowest BCUT2D eigenvalue weighted by atomic mass is 10.2. The maximum atomic E-state index is 4.45. The second-order valence-electron chi connectivity index (χ2n) is 6.45. The summed E-state index contributed by atoms with van der Waals surface area (Å²) in [4.78, 5) is 7.11. The summed E-state index contributed by atoms with van der Waals surface area (Å²) >= 11 is 0. The highest BCUT2D eigenvalue weighted by Crippen LogP contribution is 2.29.